The Morgan fingerprint density at radius 2 is 2.00 bits per heavy atom. The van der Waals surface area contributed by atoms with Crippen molar-refractivity contribution in [1.29, 1.82) is 0 Å². The molecule has 1 saturated heterocycles. The number of fused-ring (bicyclic) bond motifs is 1. The molecule has 1 aliphatic carbocycles. The number of nitrogens with one attached hydrogen (secondary N) is 1. The van der Waals surface area contributed by atoms with Gasteiger partial charge in [0.25, 0.3) is 0 Å². The summed E-state index contributed by atoms with van der Waals surface area (Å²) in [5, 5.41) is 4.43. The van der Waals surface area contributed by atoms with Crippen LogP contribution >= 0.6 is 11.6 Å². The largest absolute Gasteiger partial charge is 0.310 e. The maximum Gasteiger partial charge on any atom is 0.0406 e. The Morgan fingerprint density at radius 1 is 1.18 bits per heavy atom. The molecule has 3 atom stereocenters. The lowest BCUT2D eigenvalue weighted by Crippen LogP contribution is -2.23. The van der Waals surface area contributed by atoms with Crippen molar-refractivity contribution >= 4 is 17.7 Å². The molecule has 1 aromatic carbocycles. The van der Waals surface area contributed by atoms with Gasteiger partial charge in [-0.3, -0.25) is 0 Å². The summed E-state index contributed by atoms with van der Waals surface area (Å²) in [7, 11) is 0. The third-order valence-corrected chi connectivity index (χ3v) is 4.41. The fraction of sp³-hybridized carbons (Fsp3) is 0.467. The Morgan fingerprint density at radius 3 is 2.82 bits per heavy atom. The van der Waals surface area contributed by atoms with Gasteiger partial charge in [0.2, 0.25) is 0 Å². The van der Waals surface area contributed by atoms with Crippen molar-refractivity contribution in [3.05, 3.63) is 40.9 Å². The molecule has 1 aromatic rings. The van der Waals surface area contributed by atoms with Crippen LogP contribution in [-0.2, 0) is 0 Å². The smallest absolute Gasteiger partial charge is 0.0406 e. The quantitative estimate of drug-likeness (QED) is 0.840. The van der Waals surface area contributed by atoms with E-state index in [-0.39, 0.29) is 0 Å². The van der Waals surface area contributed by atoms with Gasteiger partial charge in [-0.1, -0.05) is 42.3 Å². The minimum absolute atomic E-state index is 0.582. The highest BCUT2D eigenvalue weighted by molar-refractivity contribution is 6.30. The molecule has 17 heavy (non-hydrogen) atoms. The van der Waals surface area contributed by atoms with Crippen LogP contribution in [0.4, 0.5) is 0 Å². The minimum Gasteiger partial charge on any atom is -0.310 e. The van der Waals surface area contributed by atoms with Crippen LogP contribution in [0.15, 0.2) is 30.3 Å². The lowest BCUT2D eigenvalue weighted by molar-refractivity contribution is 0.456. The average Bonchev–Trinajstić information content (AvgIpc) is 2.91. The fourth-order valence-electron chi connectivity index (χ4n) is 3.23. The predicted molar refractivity (Wildman–Crippen MR) is 73.1 cm³/mol. The molecule has 0 amide bonds. The van der Waals surface area contributed by atoms with E-state index in [0.717, 1.165) is 16.9 Å². The van der Waals surface area contributed by atoms with Crippen LogP contribution in [0.1, 0.15) is 24.8 Å². The van der Waals surface area contributed by atoms with Crippen LogP contribution in [0, 0.1) is 11.8 Å². The second-order valence-corrected chi connectivity index (χ2v) is 5.64. The van der Waals surface area contributed by atoms with Gasteiger partial charge in [0.1, 0.15) is 0 Å². The molecular formula is C15H18ClN. The van der Waals surface area contributed by atoms with Crippen LogP contribution in [-0.4, -0.2) is 12.6 Å². The Balaban J connectivity index is 1.68. The van der Waals surface area contributed by atoms with Gasteiger partial charge in [0, 0.05) is 11.1 Å². The van der Waals surface area contributed by atoms with E-state index < -0.39 is 0 Å². The van der Waals surface area contributed by atoms with Gasteiger partial charge < -0.3 is 5.32 Å². The number of hydrogen-bond acceptors (Lipinski definition) is 1. The normalized spacial score (nSPS) is 32.2. The van der Waals surface area contributed by atoms with E-state index in [0.29, 0.717) is 6.04 Å². The van der Waals surface area contributed by atoms with Gasteiger partial charge >= 0.3 is 0 Å². The zero-order valence-electron chi connectivity index (χ0n) is 9.90. The van der Waals surface area contributed by atoms with Gasteiger partial charge in [-0.2, -0.15) is 0 Å². The van der Waals surface area contributed by atoms with Crippen molar-refractivity contribution in [2.45, 2.75) is 25.3 Å². The van der Waals surface area contributed by atoms with E-state index in [1.165, 1.54) is 31.4 Å². The van der Waals surface area contributed by atoms with E-state index in [4.69, 9.17) is 11.6 Å². The molecule has 0 bridgehead atoms. The summed E-state index contributed by atoms with van der Waals surface area (Å²) < 4.78 is 0. The zero-order chi connectivity index (χ0) is 11.7. The van der Waals surface area contributed by atoms with Gasteiger partial charge in [-0.05, 0) is 48.9 Å². The van der Waals surface area contributed by atoms with Crippen LogP contribution in [0.2, 0.25) is 5.02 Å². The molecule has 2 heteroatoms. The van der Waals surface area contributed by atoms with Gasteiger partial charge in [0.05, 0.1) is 0 Å². The molecule has 2 aliphatic rings. The van der Waals surface area contributed by atoms with Gasteiger partial charge in [-0.15, -0.1) is 0 Å². The molecule has 1 nitrogen and oxygen atoms in total. The predicted octanol–water partition coefficient (Wildman–Crippen LogP) is 3.74. The fourth-order valence-corrected chi connectivity index (χ4v) is 3.36. The maximum absolute atomic E-state index is 5.88. The average molecular weight is 248 g/mol. The first-order valence-corrected chi connectivity index (χ1v) is 6.88. The Hall–Kier alpha value is -0.790. The maximum atomic E-state index is 5.88. The van der Waals surface area contributed by atoms with E-state index in [2.05, 4.69) is 29.6 Å². The van der Waals surface area contributed by atoms with Crippen molar-refractivity contribution < 1.29 is 0 Å². The van der Waals surface area contributed by atoms with E-state index in [9.17, 15) is 0 Å². The summed E-state index contributed by atoms with van der Waals surface area (Å²) in [5.74, 6) is 1.80. The van der Waals surface area contributed by atoms with Crippen molar-refractivity contribution in [3.63, 3.8) is 0 Å². The number of benzene rings is 1. The highest BCUT2D eigenvalue weighted by Gasteiger charge is 2.37. The third kappa shape index (κ3) is 2.41. The molecule has 0 aromatic heterocycles. The standard InChI is InChI=1S/C15H18ClN/c16-13-7-4-11(5-8-13)6-9-15-14-3-1-2-12(14)10-17-15/h4-9,12,14-15,17H,1-3,10H2/b9-6+. The SMILES string of the molecule is Clc1ccc(/C=C/C2NCC3CCCC32)cc1. The molecule has 3 unspecified atom stereocenters. The number of halogens is 1. The van der Waals surface area contributed by atoms with Crippen LogP contribution in [0.5, 0.6) is 0 Å². The molecule has 3 rings (SSSR count). The first-order chi connectivity index (χ1) is 8.33. The van der Waals surface area contributed by atoms with Crippen molar-refractivity contribution in [2.24, 2.45) is 11.8 Å². The Kier molecular flexibility index (Phi) is 3.21. The molecular weight excluding hydrogens is 230 g/mol. The highest BCUT2D eigenvalue weighted by atomic mass is 35.5. The van der Waals surface area contributed by atoms with E-state index >= 15 is 0 Å². The molecule has 1 saturated carbocycles. The Labute approximate surface area is 108 Å². The van der Waals surface area contributed by atoms with Gasteiger partial charge in [-0.25, -0.2) is 0 Å². The lowest BCUT2D eigenvalue weighted by atomic mass is 9.93. The molecule has 1 N–H and O–H groups in total. The first-order valence-electron chi connectivity index (χ1n) is 6.50. The summed E-state index contributed by atoms with van der Waals surface area (Å²) in [5.41, 5.74) is 1.23. The first kappa shape index (κ1) is 11.3. The second kappa shape index (κ2) is 4.83. The monoisotopic (exact) mass is 247 g/mol. The third-order valence-electron chi connectivity index (χ3n) is 4.16. The summed E-state index contributed by atoms with van der Waals surface area (Å²) in [6.45, 7) is 1.21. The zero-order valence-corrected chi connectivity index (χ0v) is 10.7. The summed E-state index contributed by atoms with van der Waals surface area (Å²) >= 11 is 5.88. The lowest BCUT2D eigenvalue weighted by Gasteiger charge is -2.13. The molecule has 0 radical (unpaired) electrons. The minimum atomic E-state index is 0.582. The second-order valence-electron chi connectivity index (χ2n) is 5.20. The number of hydrogen-bond donors (Lipinski definition) is 1. The highest BCUT2D eigenvalue weighted by Crippen LogP contribution is 2.38. The molecule has 1 heterocycles. The summed E-state index contributed by atoms with van der Waals surface area (Å²) in [4.78, 5) is 0. The molecule has 90 valence electrons. The van der Waals surface area contributed by atoms with Crippen molar-refractivity contribution in [2.75, 3.05) is 6.54 Å². The number of rotatable bonds is 2. The molecule has 0 spiro atoms. The van der Waals surface area contributed by atoms with Crippen LogP contribution in [0.25, 0.3) is 6.08 Å². The van der Waals surface area contributed by atoms with E-state index in [1.54, 1.807) is 0 Å². The molecule has 1 aliphatic heterocycles. The Bertz CT molecular complexity index is 409. The van der Waals surface area contributed by atoms with E-state index in [1.807, 2.05) is 12.1 Å². The van der Waals surface area contributed by atoms with Crippen molar-refractivity contribution in [1.82, 2.24) is 5.32 Å². The van der Waals surface area contributed by atoms with Crippen molar-refractivity contribution in [3.8, 4) is 0 Å². The summed E-state index contributed by atoms with van der Waals surface area (Å²) in [6, 6.07) is 8.61. The topological polar surface area (TPSA) is 12.0 Å². The molecule has 2 fully saturated rings. The van der Waals surface area contributed by atoms with Gasteiger partial charge in [0.15, 0.2) is 0 Å². The summed E-state index contributed by atoms with van der Waals surface area (Å²) in [6.07, 6.45) is 8.78. The van der Waals surface area contributed by atoms with Crippen LogP contribution < -0.4 is 5.32 Å². The van der Waals surface area contributed by atoms with Crippen LogP contribution in [0.3, 0.4) is 0 Å².